The molecule has 0 spiro atoms. The summed E-state index contributed by atoms with van der Waals surface area (Å²) in [6.07, 6.45) is 0. The van der Waals surface area contributed by atoms with Crippen LogP contribution in [-0.4, -0.2) is 32.8 Å². The van der Waals surface area contributed by atoms with Crippen molar-refractivity contribution in [1.29, 1.82) is 0 Å². The predicted molar refractivity (Wildman–Crippen MR) is 9.06 cm³/mol. The van der Waals surface area contributed by atoms with Gasteiger partial charge in [0.1, 0.15) is 0 Å². The maximum absolute atomic E-state index is 0. The van der Waals surface area contributed by atoms with Gasteiger partial charge in [0.2, 0.25) is 0 Å². The molecule has 0 aliphatic heterocycles. The summed E-state index contributed by atoms with van der Waals surface area (Å²) in [5.41, 5.74) is 0. The van der Waals surface area contributed by atoms with Crippen molar-refractivity contribution >= 4 is 27.3 Å². The third kappa shape index (κ3) is 27.2. The van der Waals surface area contributed by atoms with Crippen LogP contribution in [0.2, 0.25) is 0 Å². The van der Waals surface area contributed by atoms with Crippen LogP contribution in [0.3, 0.4) is 0 Å². The minimum absolute atomic E-state index is 0. The van der Waals surface area contributed by atoms with E-state index < -0.39 is 0 Å². The number of rotatable bonds is 0. The van der Waals surface area contributed by atoms with Gasteiger partial charge < -0.3 is 16.4 Å². The van der Waals surface area contributed by atoms with E-state index in [4.69, 9.17) is 0 Å². The minimum atomic E-state index is 0. The van der Waals surface area contributed by atoms with E-state index in [1.54, 1.807) is 0 Å². The van der Waals surface area contributed by atoms with Crippen LogP contribution in [0.5, 0.6) is 0 Å². The first-order valence-corrected chi connectivity index (χ1v) is 0. The van der Waals surface area contributed by atoms with Crippen molar-refractivity contribution in [3.05, 3.63) is 0 Å². The second-order valence-corrected chi connectivity index (χ2v) is 0. The third-order valence-electron chi connectivity index (χ3n) is 0. The van der Waals surface area contributed by atoms with Gasteiger partial charge in [-0.2, -0.15) is 0 Å². The van der Waals surface area contributed by atoms with Crippen LogP contribution in [0.15, 0.2) is 0 Å². The molecule has 1 N–H and O–H groups in total. The maximum atomic E-state index is 0. The van der Waals surface area contributed by atoms with Crippen molar-refractivity contribution < 1.29 is 42.6 Å². The average Bonchev–Trinajstić information content (AvgIpc) is 0. The molecule has 0 saturated carbocycles. The van der Waals surface area contributed by atoms with Gasteiger partial charge in [0, 0.05) is 26.2 Å². The summed E-state index contributed by atoms with van der Waals surface area (Å²) < 4.78 is 0. The van der Waals surface area contributed by atoms with Crippen molar-refractivity contribution in [1.82, 2.24) is 0 Å². The molecule has 0 aliphatic rings. The van der Waals surface area contributed by atoms with Crippen molar-refractivity contribution in [2.45, 2.75) is 0 Å². The molecule has 0 unspecified atom stereocenters. The largest absolute Gasteiger partial charge is 2.00 e. The van der Waals surface area contributed by atoms with Crippen LogP contribution < -0.4 is 0 Å². The van der Waals surface area contributed by atoms with E-state index in [2.05, 4.69) is 0 Å². The summed E-state index contributed by atoms with van der Waals surface area (Å²) in [5, 5.41) is 0. The Labute approximate surface area is 69.3 Å². The summed E-state index contributed by atoms with van der Waals surface area (Å²) >= 11 is 0. The van der Waals surface area contributed by atoms with Crippen molar-refractivity contribution in [3.63, 3.8) is 0 Å². The average molecular weight is 347 g/mol. The molecule has 0 aliphatic carbocycles. The molecule has 0 aromatic heterocycles. The van der Waals surface area contributed by atoms with Crippen molar-refractivity contribution in [3.8, 4) is 0 Å². The van der Waals surface area contributed by atoms with E-state index in [1.165, 1.54) is 0 Å². The van der Waals surface area contributed by atoms with Gasteiger partial charge in [-0.3, -0.25) is 0 Å². The molecule has 0 atom stereocenters. The van der Waals surface area contributed by atoms with E-state index in [9.17, 15) is 0 Å². The molecule has 0 saturated heterocycles. The molecule has 0 rings (SSSR count). The normalized spacial score (nSPS) is 0. The Hall–Kier alpha value is 1.69. The van der Waals surface area contributed by atoms with E-state index in [0.717, 1.165) is 0 Å². The Balaban J connectivity index is 0. The summed E-state index contributed by atoms with van der Waals surface area (Å²) in [4.78, 5) is 0. The van der Waals surface area contributed by atoms with Gasteiger partial charge in [0.25, 0.3) is 0 Å². The molecule has 0 amide bonds. The van der Waals surface area contributed by atoms with Crippen LogP contribution in [0, 0.1) is 0 Å². The SMILES string of the molecule is [O-2].[O-2].[OH-].[Pb+2].[Zr]. The molecule has 0 heterocycles. The van der Waals surface area contributed by atoms with Gasteiger partial charge in [-0.25, -0.2) is 0 Å². The molecule has 30 valence electrons. The van der Waals surface area contributed by atoms with Crippen LogP contribution >= 0.6 is 0 Å². The Morgan fingerprint density at radius 1 is 0.800 bits per heavy atom. The number of hydrogen-bond acceptors (Lipinski definition) is 1. The molecule has 5 heavy (non-hydrogen) atoms. The van der Waals surface area contributed by atoms with Gasteiger partial charge in [0.05, 0.1) is 0 Å². The Bertz CT molecular complexity index is 6.85. The molecule has 5 heteroatoms. The smallest absolute Gasteiger partial charge is 2.00 e. The van der Waals surface area contributed by atoms with Gasteiger partial charge in [-0.1, -0.05) is 0 Å². The standard InChI is InChI=1S/H2O.2O.Pb.Zr/h1H2;;;;/q;2*-2;+2;/p-1. The second kappa shape index (κ2) is 43.9. The summed E-state index contributed by atoms with van der Waals surface area (Å²) in [6, 6.07) is 0. The van der Waals surface area contributed by atoms with Gasteiger partial charge in [-0.05, 0) is 0 Å². The molecular weight excluding hydrogens is 346 g/mol. The first kappa shape index (κ1) is 76.1. The molecule has 3 nitrogen and oxygen atoms in total. The molecule has 0 bridgehead atoms. The monoisotopic (exact) mass is 347 g/mol. The predicted octanol–water partition coefficient (Wildman–Crippen LogP) is -0.798. The fourth-order valence-electron chi connectivity index (χ4n) is 0. The van der Waals surface area contributed by atoms with Crippen LogP contribution in [0.1, 0.15) is 0 Å². The molecule has 0 aromatic rings. The molecule has 0 aromatic carbocycles. The Morgan fingerprint density at radius 3 is 0.800 bits per heavy atom. The molecule has 2 radical (unpaired) electrons. The van der Waals surface area contributed by atoms with Crippen molar-refractivity contribution in [2.24, 2.45) is 0 Å². The molecule has 0 fully saturated rings. The zero-order valence-corrected chi connectivity index (χ0v) is 8.61. The van der Waals surface area contributed by atoms with Gasteiger partial charge in [-0.15, -0.1) is 0 Å². The first-order valence-electron chi connectivity index (χ1n) is 0. The zero-order chi connectivity index (χ0) is 0. The number of hydrogen-bond donors (Lipinski definition) is 0. The molecular formula is HO3PbZr-3. The van der Waals surface area contributed by atoms with Crippen LogP contribution in [0.4, 0.5) is 0 Å². The van der Waals surface area contributed by atoms with E-state index in [0.29, 0.717) is 0 Å². The fraction of sp³-hybridized carbons (Fsp3) is 0. The summed E-state index contributed by atoms with van der Waals surface area (Å²) in [6.45, 7) is 0. The maximum Gasteiger partial charge on any atom is 2.00 e. The Kier molecular flexibility index (Phi) is 669. The van der Waals surface area contributed by atoms with E-state index in [1.807, 2.05) is 0 Å². The van der Waals surface area contributed by atoms with Crippen LogP contribution in [0.25, 0.3) is 0 Å². The topological polar surface area (TPSA) is 87.0 Å². The van der Waals surface area contributed by atoms with Gasteiger partial charge in [0.15, 0.2) is 0 Å². The fourth-order valence-corrected chi connectivity index (χ4v) is 0. The van der Waals surface area contributed by atoms with E-state index >= 15 is 0 Å². The quantitative estimate of drug-likeness (QED) is 0.528. The summed E-state index contributed by atoms with van der Waals surface area (Å²) in [5.74, 6) is 0. The Morgan fingerprint density at radius 2 is 0.800 bits per heavy atom. The van der Waals surface area contributed by atoms with Crippen LogP contribution in [-0.2, 0) is 37.2 Å². The summed E-state index contributed by atoms with van der Waals surface area (Å²) in [7, 11) is 0. The zero-order valence-electron chi connectivity index (χ0n) is 2.26. The van der Waals surface area contributed by atoms with Crippen molar-refractivity contribution in [2.75, 3.05) is 0 Å². The van der Waals surface area contributed by atoms with Gasteiger partial charge >= 0.3 is 27.3 Å². The second-order valence-electron chi connectivity index (χ2n) is 0. The minimum Gasteiger partial charge on any atom is -2.00 e. The first-order chi connectivity index (χ1) is 0. The third-order valence-corrected chi connectivity index (χ3v) is 0. The van der Waals surface area contributed by atoms with E-state index in [-0.39, 0.29) is 69.9 Å².